The van der Waals surface area contributed by atoms with Crippen LogP contribution in [0.4, 0.5) is 0 Å². The Morgan fingerprint density at radius 3 is 2.79 bits per heavy atom. The van der Waals surface area contributed by atoms with Gasteiger partial charge in [0.15, 0.2) is 0 Å². The Labute approximate surface area is 144 Å². The number of hydrogen-bond donors (Lipinski definition) is 1. The molecule has 10 heteroatoms. The van der Waals surface area contributed by atoms with Crippen LogP contribution in [0.3, 0.4) is 0 Å². The lowest BCUT2D eigenvalue weighted by Gasteiger charge is -2.25. The van der Waals surface area contributed by atoms with Crippen LogP contribution in [0.25, 0.3) is 11.5 Å². The number of aryl methyl sites for hydroxylation is 1. The van der Waals surface area contributed by atoms with E-state index >= 15 is 0 Å². The van der Waals surface area contributed by atoms with Gasteiger partial charge in [-0.15, -0.1) is 10.2 Å². The Kier molecular flexibility index (Phi) is 5.27. The lowest BCUT2D eigenvalue weighted by Crippen LogP contribution is -2.45. The third-order valence-corrected chi connectivity index (χ3v) is 5.91. The number of rotatable bonds is 6. The maximum absolute atomic E-state index is 12.1. The van der Waals surface area contributed by atoms with Gasteiger partial charge >= 0.3 is 10.2 Å². The maximum atomic E-state index is 12.1. The summed E-state index contributed by atoms with van der Waals surface area (Å²) in [7, 11) is -3.75. The molecule has 8 nitrogen and oxygen atoms in total. The molecule has 1 fully saturated rings. The highest BCUT2D eigenvalue weighted by Crippen LogP contribution is 2.20. The average molecular weight is 370 g/mol. The smallest absolute Gasteiger partial charge is 0.303 e. The van der Waals surface area contributed by atoms with Gasteiger partial charge in [-0.25, -0.2) is 4.72 Å². The molecule has 0 unspecified atom stereocenters. The predicted octanol–water partition coefficient (Wildman–Crippen LogP) is 1.58. The van der Waals surface area contributed by atoms with Gasteiger partial charge in [-0.2, -0.15) is 24.1 Å². The van der Waals surface area contributed by atoms with Crippen LogP contribution in [-0.4, -0.2) is 41.9 Å². The molecule has 130 valence electrons. The molecule has 24 heavy (non-hydrogen) atoms. The molecule has 0 aliphatic carbocycles. The minimum Gasteiger partial charge on any atom is -0.421 e. The normalized spacial score (nSPS) is 16.2. The molecule has 1 aliphatic heterocycles. The standard InChI is InChI=1S/C14H18N4O4S2/c19-12(17-24(20,21)18-7-2-1-3-8-18)4-5-13-15-16-14(22-13)11-6-9-23-10-11/h6,9-10H,1-5,7-8H2,(H,17,19). The van der Waals surface area contributed by atoms with Crippen LogP contribution in [-0.2, 0) is 21.4 Å². The second-order valence-corrected chi connectivity index (χ2v) is 7.95. The van der Waals surface area contributed by atoms with Crippen LogP contribution in [0.1, 0.15) is 31.6 Å². The number of nitrogens with one attached hydrogen (secondary N) is 1. The van der Waals surface area contributed by atoms with Gasteiger partial charge in [-0.3, -0.25) is 4.79 Å². The number of piperidine rings is 1. The summed E-state index contributed by atoms with van der Waals surface area (Å²) < 4.78 is 33.1. The molecule has 0 atom stereocenters. The zero-order chi connectivity index (χ0) is 17.0. The average Bonchev–Trinajstić information content (AvgIpc) is 3.25. The van der Waals surface area contributed by atoms with Crippen molar-refractivity contribution in [3.63, 3.8) is 0 Å². The summed E-state index contributed by atoms with van der Waals surface area (Å²) in [6.45, 7) is 0.909. The van der Waals surface area contributed by atoms with Crippen molar-refractivity contribution in [3.8, 4) is 11.5 Å². The van der Waals surface area contributed by atoms with Crippen LogP contribution < -0.4 is 4.72 Å². The maximum Gasteiger partial charge on any atom is 0.303 e. The van der Waals surface area contributed by atoms with E-state index in [9.17, 15) is 13.2 Å². The van der Waals surface area contributed by atoms with E-state index in [4.69, 9.17) is 4.42 Å². The van der Waals surface area contributed by atoms with Crippen LogP contribution in [0.5, 0.6) is 0 Å². The zero-order valence-corrected chi connectivity index (χ0v) is 14.6. The van der Waals surface area contributed by atoms with Crippen molar-refractivity contribution < 1.29 is 17.6 Å². The Hall–Kier alpha value is -1.78. The Balaban J connectivity index is 1.52. The van der Waals surface area contributed by atoms with Gasteiger partial charge in [0.25, 0.3) is 0 Å². The zero-order valence-electron chi connectivity index (χ0n) is 13.0. The SMILES string of the molecule is O=C(CCc1nnc(-c2ccsc2)o1)NS(=O)(=O)N1CCCCC1. The van der Waals surface area contributed by atoms with Gasteiger partial charge in [0.2, 0.25) is 17.7 Å². The molecule has 2 aromatic heterocycles. The fourth-order valence-electron chi connectivity index (χ4n) is 2.44. The molecule has 0 saturated carbocycles. The minimum absolute atomic E-state index is 0.0294. The molecule has 0 spiro atoms. The molecular formula is C14H18N4O4S2. The van der Waals surface area contributed by atoms with E-state index in [2.05, 4.69) is 14.9 Å². The Morgan fingerprint density at radius 1 is 1.29 bits per heavy atom. The van der Waals surface area contributed by atoms with Crippen molar-refractivity contribution in [1.82, 2.24) is 19.2 Å². The number of hydrogen-bond acceptors (Lipinski definition) is 7. The minimum atomic E-state index is -3.75. The molecule has 0 aromatic carbocycles. The number of aromatic nitrogens is 2. The van der Waals surface area contributed by atoms with Gasteiger partial charge in [-0.1, -0.05) is 6.42 Å². The van der Waals surface area contributed by atoms with Gasteiger partial charge in [0.1, 0.15) is 0 Å². The van der Waals surface area contributed by atoms with E-state index in [1.54, 1.807) is 0 Å². The predicted molar refractivity (Wildman–Crippen MR) is 88.4 cm³/mol. The molecule has 2 aromatic rings. The fraction of sp³-hybridized carbons (Fsp3) is 0.500. The summed E-state index contributed by atoms with van der Waals surface area (Å²) in [6, 6.07) is 1.86. The summed E-state index contributed by atoms with van der Waals surface area (Å²) in [5.41, 5.74) is 0.830. The summed E-state index contributed by atoms with van der Waals surface area (Å²) in [4.78, 5) is 11.9. The molecule has 3 heterocycles. The van der Waals surface area contributed by atoms with Crippen LogP contribution >= 0.6 is 11.3 Å². The van der Waals surface area contributed by atoms with Crippen LogP contribution in [0, 0.1) is 0 Å². The lowest BCUT2D eigenvalue weighted by molar-refractivity contribution is -0.119. The highest BCUT2D eigenvalue weighted by molar-refractivity contribution is 7.87. The highest BCUT2D eigenvalue weighted by Gasteiger charge is 2.25. The highest BCUT2D eigenvalue weighted by atomic mass is 32.2. The monoisotopic (exact) mass is 370 g/mol. The van der Waals surface area contributed by atoms with E-state index < -0.39 is 16.1 Å². The summed E-state index contributed by atoms with van der Waals surface area (Å²) in [5.74, 6) is 0.130. The first kappa shape index (κ1) is 17.1. The molecule has 0 radical (unpaired) electrons. The van der Waals surface area contributed by atoms with E-state index in [1.807, 2.05) is 16.8 Å². The Morgan fingerprint density at radius 2 is 2.08 bits per heavy atom. The van der Waals surface area contributed by atoms with Gasteiger partial charge in [-0.05, 0) is 24.3 Å². The third kappa shape index (κ3) is 4.19. The van der Waals surface area contributed by atoms with E-state index in [1.165, 1.54) is 15.6 Å². The first-order valence-electron chi connectivity index (χ1n) is 7.70. The molecular weight excluding hydrogens is 352 g/mol. The van der Waals surface area contributed by atoms with Crippen molar-refractivity contribution >= 4 is 27.5 Å². The van der Waals surface area contributed by atoms with Gasteiger partial charge in [0, 0.05) is 36.9 Å². The van der Waals surface area contributed by atoms with Crippen molar-refractivity contribution in [2.45, 2.75) is 32.1 Å². The second-order valence-electron chi connectivity index (χ2n) is 5.50. The lowest BCUT2D eigenvalue weighted by atomic mass is 10.2. The number of amides is 1. The van der Waals surface area contributed by atoms with Gasteiger partial charge < -0.3 is 4.42 Å². The molecule has 1 aliphatic rings. The largest absolute Gasteiger partial charge is 0.421 e. The fourth-order valence-corrected chi connectivity index (χ4v) is 4.33. The number of thiophene rings is 1. The number of carbonyl (C=O) groups is 1. The first-order chi connectivity index (χ1) is 11.5. The van der Waals surface area contributed by atoms with E-state index in [-0.39, 0.29) is 12.8 Å². The van der Waals surface area contributed by atoms with Crippen molar-refractivity contribution in [1.29, 1.82) is 0 Å². The van der Waals surface area contributed by atoms with Crippen molar-refractivity contribution in [3.05, 3.63) is 22.7 Å². The molecule has 3 rings (SSSR count). The van der Waals surface area contributed by atoms with Crippen molar-refractivity contribution in [2.24, 2.45) is 0 Å². The topological polar surface area (TPSA) is 105 Å². The number of nitrogens with zero attached hydrogens (tertiary/aromatic N) is 3. The summed E-state index contributed by atoms with van der Waals surface area (Å²) >= 11 is 1.52. The van der Waals surface area contributed by atoms with Crippen LogP contribution in [0.15, 0.2) is 21.2 Å². The summed E-state index contributed by atoms with van der Waals surface area (Å²) in [6.07, 6.45) is 2.82. The van der Waals surface area contributed by atoms with E-state index in [0.29, 0.717) is 24.9 Å². The van der Waals surface area contributed by atoms with Gasteiger partial charge in [0.05, 0.1) is 0 Å². The van der Waals surface area contributed by atoms with Crippen LogP contribution in [0.2, 0.25) is 0 Å². The Bertz CT molecular complexity index is 780. The molecule has 0 bridgehead atoms. The quantitative estimate of drug-likeness (QED) is 0.827. The van der Waals surface area contributed by atoms with Crippen molar-refractivity contribution in [2.75, 3.05) is 13.1 Å². The third-order valence-electron chi connectivity index (χ3n) is 3.70. The molecule has 1 N–H and O–H groups in total. The first-order valence-corrected chi connectivity index (χ1v) is 10.1. The molecule has 1 amide bonds. The summed E-state index contributed by atoms with van der Waals surface area (Å²) in [5, 5.41) is 11.6. The number of carbonyl (C=O) groups excluding carboxylic acids is 1. The van der Waals surface area contributed by atoms with E-state index in [0.717, 1.165) is 24.8 Å². The molecule has 1 saturated heterocycles. The second kappa shape index (κ2) is 7.41.